The van der Waals surface area contributed by atoms with Crippen LogP contribution in [0.25, 0.3) is 0 Å². The van der Waals surface area contributed by atoms with Gasteiger partial charge in [-0.25, -0.2) is 0 Å². The summed E-state index contributed by atoms with van der Waals surface area (Å²) < 4.78 is 25.3. The standard InChI is InChI=1S/C31H49NO6/c1-7-8-9-10-11-12-13-14-15-16-21-35-31(23(3)33)29-28(36-30(5,6)38-29)27(37-31)22(2)25-17-19-26(20-18-25)32-24(4)34/h17-20,22,27-29H,7-16,21H2,1-6H3,(H,32,34)/t22-,27-,28+,29+,31?/m1/s1. The van der Waals surface area contributed by atoms with Gasteiger partial charge in [0.2, 0.25) is 5.91 Å². The van der Waals surface area contributed by atoms with Crippen molar-refractivity contribution in [2.24, 2.45) is 0 Å². The van der Waals surface area contributed by atoms with Gasteiger partial charge in [-0.2, -0.15) is 0 Å². The molecule has 7 heteroatoms. The highest BCUT2D eigenvalue weighted by Gasteiger charge is 2.67. The molecule has 5 atom stereocenters. The molecule has 7 nitrogen and oxygen atoms in total. The fraction of sp³-hybridized carbons (Fsp3) is 0.742. The van der Waals surface area contributed by atoms with E-state index in [4.69, 9.17) is 18.9 Å². The van der Waals surface area contributed by atoms with E-state index in [-0.39, 0.29) is 17.6 Å². The average Bonchev–Trinajstić information content (AvgIpc) is 3.34. The third kappa shape index (κ3) is 7.87. The van der Waals surface area contributed by atoms with Gasteiger partial charge in [0.15, 0.2) is 17.7 Å². The molecule has 0 aliphatic carbocycles. The molecule has 38 heavy (non-hydrogen) atoms. The predicted octanol–water partition coefficient (Wildman–Crippen LogP) is 6.89. The van der Waals surface area contributed by atoms with E-state index in [1.54, 1.807) is 0 Å². The number of benzene rings is 1. The molecule has 1 aromatic rings. The number of carbonyl (C=O) groups is 2. The number of amides is 1. The third-order valence-corrected chi connectivity index (χ3v) is 7.69. The van der Waals surface area contributed by atoms with Crippen LogP contribution >= 0.6 is 0 Å². The van der Waals surface area contributed by atoms with Gasteiger partial charge < -0.3 is 24.3 Å². The van der Waals surface area contributed by atoms with Crippen molar-refractivity contribution >= 4 is 17.4 Å². The number of rotatable bonds is 16. The van der Waals surface area contributed by atoms with Crippen molar-refractivity contribution in [1.82, 2.24) is 0 Å². The average molecular weight is 532 g/mol. The molecule has 2 heterocycles. The van der Waals surface area contributed by atoms with Crippen molar-refractivity contribution in [1.29, 1.82) is 0 Å². The van der Waals surface area contributed by atoms with Gasteiger partial charge in [-0.15, -0.1) is 0 Å². The molecule has 2 aliphatic rings. The normalized spacial score (nSPS) is 26.7. The maximum Gasteiger partial charge on any atom is 0.259 e. The molecular formula is C31H49NO6. The fourth-order valence-corrected chi connectivity index (χ4v) is 5.62. The van der Waals surface area contributed by atoms with Gasteiger partial charge in [0.25, 0.3) is 5.79 Å². The van der Waals surface area contributed by atoms with Gasteiger partial charge >= 0.3 is 0 Å². The first kappa shape index (κ1) is 30.7. The molecular weight excluding hydrogens is 482 g/mol. The zero-order chi connectivity index (χ0) is 27.8. The first-order valence-electron chi connectivity index (χ1n) is 14.7. The molecule has 2 saturated heterocycles. The summed E-state index contributed by atoms with van der Waals surface area (Å²) in [5, 5.41) is 2.79. The van der Waals surface area contributed by atoms with Crippen LogP contribution in [-0.2, 0) is 28.5 Å². The second-order valence-corrected chi connectivity index (χ2v) is 11.4. The van der Waals surface area contributed by atoms with E-state index >= 15 is 0 Å². The molecule has 1 unspecified atom stereocenters. The van der Waals surface area contributed by atoms with Crippen LogP contribution in [0.3, 0.4) is 0 Å². The van der Waals surface area contributed by atoms with Crippen LogP contribution in [0.2, 0.25) is 0 Å². The number of hydrogen-bond donors (Lipinski definition) is 1. The summed E-state index contributed by atoms with van der Waals surface area (Å²) in [5.41, 5.74) is 1.75. The van der Waals surface area contributed by atoms with Gasteiger partial charge in [0, 0.05) is 25.5 Å². The Morgan fingerprint density at radius 1 is 0.895 bits per heavy atom. The highest BCUT2D eigenvalue weighted by atomic mass is 16.8. The van der Waals surface area contributed by atoms with Crippen LogP contribution in [0.1, 0.15) is 117 Å². The van der Waals surface area contributed by atoms with Crippen LogP contribution in [0, 0.1) is 0 Å². The van der Waals surface area contributed by atoms with Crippen molar-refractivity contribution in [3.63, 3.8) is 0 Å². The minimum Gasteiger partial charge on any atom is -0.342 e. The Bertz CT molecular complexity index is 900. The van der Waals surface area contributed by atoms with E-state index < -0.39 is 29.9 Å². The number of unbranched alkanes of at least 4 members (excludes halogenated alkanes) is 9. The Balaban J connectivity index is 1.60. The van der Waals surface area contributed by atoms with Crippen molar-refractivity contribution in [3.8, 4) is 0 Å². The lowest BCUT2D eigenvalue weighted by Crippen LogP contribution is -2.51. The van der Waals surface area contributed by atoms with Crippen LogP contribution < -0.4 is 5.32 Å². The van der Waals surface area contributed by atoms with Gasteiger partial charge in [-0.1, -0.05) is 83.8 Å². The molecule has 0 spiro atoms. The molecule has 0 aromatic heterocycles. The molecule has 1 amide bonds. The minimum atomic E-state index is -1.48. The number of fused-ring (bicyclic) bond motifs is 1. The number of carbonyl (C=O) groups excluding carboxylic acids is 2. The smallest absolute Gasteiger partial charge is 0.259 e. The minimum absolute atomic E-state index is 0.0893. The van der Waals surface area contributed by atoms with Crippen molar-refractivity contribution in [3.05, 3.63) is 29.8 Å². The third-order valence-electron chi connectivity index (χ3n) is 7.69. The topological polar surface area (TPSA) is 83.1 Å². The Morgan fingerprint density at radius 2 is 1.47 bits per heavy atom. The number of hydrogen-bond acceptors (Lipinski definition) is 6. The number of ether oxygens (including phenoxy) is 4. The number of nitrogens with one attached hydrogen (secondary N) is 1. The Labute approximate surface area is 229 Å². The van der Waals surface area contributed by atoms with E-state index in [1.165, 1.54) is 65.2 Å². The van der Waals surface area contributed by atoms with Gasteiger partial charge in [-0.05, 0) is 38.0 Å². The van der Waals surface area contributed by atoms with Gasteiger partial charge in [0.05, 0.1) is 12.7 Å². The molecule has 0 saturated carbocycles. The summed E-state index contributed by atoms with van der Waals surface area (Å²) in [7, 11) is 0. The number of anilines is 1. The molecule has 1 N–H and O–H groups in total. The maximum atomic E-state index is 13.1. The Morgan fingerprint density at radius 3 is 2.03 bits per heavy atom. The molecule has 2 fully saturated rings. The largest absolute Gasteiger partial charge is 0.342 e. The van der Waals surface area contributed by atoms with E-state index in [0.29, 0.717) is 6.61 Å². The molecule has 1 aromatic carbocycles. The number of ketones is 1. The second kappa shape index (κ2) is 14.0. The lowest BCUT2D eigenvalue weighted by molar-refractivity contribution is -0.279. The highest BCUT2D eigenvalue weighted by Crippen LogP contribution is 2.48. The number of Topliss-reactive ketones (excluding diaryl/α,β-unsaturated/α-hetero) is 1. The van der Waals surface area contributed by atoms with Crippen molar-refractivity contribution in [2.75, 3.05) is 11.9 Å². The summed E-state index contributed by atoms with van der Waals surface area (Å²) in [6.07, 6.45) is 10.8. The summed E-state index contributed by atoms with van der Waals surface area (Å²) in [6.45, 7) is 11.5. The first-order chi connectivity index (χ1) is 18.1. The van der Waals surface area contributed by atoms with Crippen molar-refractivity contribution < 1.29 is 28.5 Å². The molecule has 0 radical (unpaired) electrons. The zero-order valence-electron chi connectivity index (χ0n) is 24.3. The van der Waals surface area contributed by atoms with Crippen molar-refractivity contribution in [2.45, 2.75) is 142 Å². The van der Waals surface area contributed by atoms with Gasteiger partial charge in [0.1, 0.15) is 6.10 Å². The molecule has 2 aliphatic heterocycles. The lowest BCUT2D eigenvalue weighted by Gasteiger charge is -2.33. The second-order valence-electron chi connectivity index (χ2n) is 11.4. The van der Waals surface area contributed by atoms with Crippen LogP contribution in [0.5, 0.6) is 0 Å². The summed E-state index contributed by atoms with van der Waals surface area (Å²) in [6, 6.07) is 7.67. The predicted molar refractivity (Wildman–Crippen MR) is 149 cm³/mol. The summed E-state index contributed by atoms with van der Waals surface area (Å²) >= 11 is 0. The quantitative estimate of drug-likeness (QED) is 0.234. The fourth-order valence-electron chi connectivity index (χ4n) is 5.62. The lowest BCUT2D eigenvalue weighted by atomic mass is 9.90. The molecule has 214 valence electrons. The highest BCUT2D eigenvalue weighted by molar-refractivity contribution is 5.88. The first-order valence-corrected chi connectivity index (χ1v) is 14.7. The summed E-state index contributed by atoms with van der Waals surface area (Å²) in [4.78, 5) is 24.4. The maximum absolute atomic E-state index is 13.1. The van der Waals surface area contributed by atoms with Gasteiger partial charge in [-0.3, -0.25) is 9.59 Å². The van der Waals surface area contributed by atoms with Crippen LogP contribution in [0.15, 0.2) is 24.3 Å². The monoisotopic (exact) mass is 531 g/mol. The van der Waals surface area contributed by atoms with Crippen LogP contribution in [0.4, 0.5) is 5.69 Å². The summed E-state index contributed by atoms with van der Waals surface area (Å²) in [5.74, 6) is -2.72. The SMILES string of the molecule is CCCCCCCCCCCCOC1(C(C)=O)O[C@H]([C@H](C)c2ccc(NC(C)=O)cc2)[C@@H]2OC(C)(C)O[C@@H]21. The van der Waals surface area contributed by atoms with E-state index in [1.807, 2.05) is 38.1 Å². The Hall–Kier alpha value is -1.80. The molecule has 3 rings (SSSR count). The van der Waals surface area contributed by atoms with E-state index in [0.717, 1.165) is 24.1 Å². The molecule has 0 bridgehead atoms. The Kier molecular flexibility index (Phi) is 11.3. The van der Waals surface area contributed by atoms with E-state index in [2.05, 4.69) is 19.2 Å². The van der Waals surface area contributed by atoms with Crippen LogP contribution in [-0.4, -0.2) is 48.2 Å². The zero-order valence-corrected chi connectivity index (χ0v) is 24.3. The van der Waals surface area contributed by atoms with E-state index in [9.17, 15) is 9.59 Å².